The third-order valence-corrected chi connectivity index (χ3v) is 7.64. The molecule has 0 N–H and O–H groups in total. The van der Waals surface area contributed by atoms with E-state index in [4.69, 9.17) is 0 Å². The van der Waals surface area contributed by atoms with Crippen LogP contribution in [0.5, 0.6) is 0 Å². The largest absolute Gasteiger partial charge is 0.329 e. The molecule has 30 heavy (non-hydrogen) atoms. The number of aryl methyl sites for hydroxylation is 1. The van der Waals surface area contributed by atoms with Crippen LogP contribution in [0.25, 0.3) is 0 Å². The van der Waals surface area contributed by atoms with E-state index < -0.39 is 0 Å². The molecule has 0 aliphatic carbocycles. The van der Waals surface area contributed by atoms with Crippen LogP contribution < -0.4 is 9.80 Å². The summed E-state index contributed by atoms with van der Waals surface area (Å²) in [5, 5.41) is 0. The summed E-state index contributed by atoms with van der Waals surface area (Å²) in [6.07, 6.45) is 0.822. The van der Waals surface area contributed by atoms with E-state index in [0.717, 1.165) is 32.3 Å². The molecule has 5 rings (SSSR count). The highest BCUT2D eigenvalue weighted by atomic mass is 79.9. The molecule has 3 aromatic carbocycles. The highest BCUT2D eigenvalue weighted by Crippen LogP contribution is 2.55. The van der Waals surface area contributed by atoms with E-state index in [-0.39, 0.29) is 17.5 Å². The molecule has 0 spiro atoms. The molecule has 152 valence electrons. The fraction of sp³-hybridized carbons (Fsp3) is 0.240. The van der Waals surface area contributed by atoms with Crippen molar-refractivity contribution in [1.29, 1.82) is 0 Å². The normalized spacial score (nSPS) is 22.4. The first-order chi connectivity index (χ1) is 14.3. The van der Waals surface area contributed by atoms with Crippen molar-refractivity contribution in [3.8, 4) is 0 Å². The van der Waals surface area contributed by atoms with Gasteiger partial charge in [-0.25, -0.2) is 4.79 Å². The highest BCUT2D eigenvalue weighted by molar-refractivity contribution is 9.11. The average molecular weight is 526 g/mol. The molecule has 2 heterocycles. The van der Waals surface area contributed by atoms with Gasteiger partial charge in [-0.1, -0.05) is 70.9 Å². The van der Waals surface area contributed by atoms with Crippen molar-refractivity contribution >= 4 is 49.3 Å². The van der Waals surface area contributed by atoms with Crippen molar-refractivity contribution in [2.75, 3.05) is 16.8 Å². The smallest absolute Gasteiger partial charge is 0.296 e. The maximum Gasteiger partial charge on any atom is 0.329 e. The minimum atomic E-state index is -0.202. The van der Waals surface area contributed by atoms with Crippen LogP contribution in [-0.2, 0) is 5.41 Å². The zero-order valence-electron chi connectivity index (χ0n) is 17.1. The van der Waals surface area contributed by atoms with E-state index in [2.05, 4.69) is 100 Å². The standard InChI is InChI=1S/C25H22Br2N2O/c1-15-9-10-21-19(11-15)25(2,16-7-5-4-6-8-16)14-22-18-12-17(26)13-20(27)23(18)28(3)24(30)29(21)22/h4-13,22H,14H2,1-3H3/t22-,25+/m0/s1. The molecule has 2 atom stereocenters. The minimum absolute atomic E-state index is 0.00994. The molecule has 0 saturated carbocycles. The van der Waals surface area contributed by atoms with Gasteiger partial charge >= 0.3 is 6.03 Å². The second-order valence-corrected chi connectivity index (χ2v) is 10.2. The number of amides is 2. The Labute approximate surface area is 194 Å². The van der Waals surface area contributed by atoms with Gasteiger partial charge in [0.15, 0.2) is 0 Å². The molecule has 0 bridgehead atoms. The molecule has 0 aromatic heterocycles. The van der Waals surface area contributed by atoms with Crippen molar-refractivity contribution in [3.63, 3.8) is 0 Å². The third kappa shape index (κ3) is 2.78. The number of nitrogens with zero attached hydrogens (tertiary/aromatic N) is 2. The SMILES string of the molecule is Cc1ccc2c(c1)[C@@](C)(c1ccccc1)C[C@H]1c3cc(Br)cc(Br)c3N(C)C(=O)N21. The number of hydrogen-bond donors (Lipinski definition) is 0. The Morgan fingerprint density at radius 1 is 1.03 bits per heavy atom. The van der Waals surface area contributed by atoms with Gasteiger partial charge in [0.1, 0.15) is 0 Å². The van der Waals surface area contributed by atoms with Crippen molar-refractivity contribution in [1.82, 2.24) is 0 Å². The number of carbonyl (C=O) groups excluding carboxylic acids is 1. The Bertz CT molecular complexity index is 1180. The Morgan fingerprint density at radius 3 is 2.50 bits per heavy atom. The quantitative estimate of drug-likeness (QED) is 0.326. The number of rotatable bonds is 1. The number of hydrogen-bond acceptors (Lipinski definition) is 1. The predicted octanol–water partition coefficient (Wildman–Crippen LogP) is 7.35. The lowest BCUT2D eigenvalue weighted by atomic mass is 9.67. The summed E-state index contributed by atoms with van der Waals surface area (Å²) >= 11 is 7.35. The van der Waals surface area contributed by atoms with E-state index in [0.29, 0.717) is 0 Å². The van der Waals surface area contributed by atoms with E-state index in [1.165, 1.54) is 16.7 Å². The molecular formula is C25H22Br2N2O. The molecule has 0 radical (unpaired) electrons. The zero-order valence-corrected chi connectivity index (χ0v) is 20.3. The number of anilines is 2. The minimum Gasteiger partial charge on any atom is -0.296 e. The maximum absolute atomic E-state index is 13.6. The monoisotopic (exact) mass is 524 g/mol. The first kappa shape index (κ1) is 19.8. The number of benzene rings is 3. The Hall–Kier alpha value is -2.11. The van der Waals surface area contributed by atoms with Crippen molar-refractivity contribution in [3.05, 3.63) is 91.9 Å². The average Bonchev–Trinajstić information content (AvgIpc) is 2.72. The van der Waals surface area contributed by atoms with Crippen molar-refractivity contribution in [2.24, 2.45) is 0 Å². The van der Waals surface area contributed by atoms with E-state index in [1.54, 1.807) is 4.90 Å². The van der Waals surface area contributed by atoms with Crippen LogP contribution in [0.1, 0.15) is 41.6 Å². The lowest BCUT2D eigenvalue weighted by Crippen LogP contribution is -2.53. The van der Waals surface area contributed by atoms with Crippen LogP contribution in [0.2, 0.25) is 0 Å². The summed E-state index contributed by atoms with van der Waals surface area (Å²) in [4.78, 5) is 17.3. The second-order valence-electron chi connectivity index (χ2n) is 8.48. The third-order valence-electron chi connectivity index (χ3n) is 6.58. The van der Waals surface area contributed by atoms with Gasteiger partial charge in [0, 0.05) is 27.0 Å². The Kier molecular flexibility index (Phi) is 4.60. The lowest BCUT2D eigenvalue weighted by Gasteiger charge is -2.51. The van der Waals surface area contributed by atoms with Crippen LogP contribution in [0.15, 0.2) is 69.6 Å². The molecule has 5 heteroatoms. The molecule has 2 aliphatic rings. The van der Waals surface area contributed by atoms with Crippen molar-refractivity contribution in [2.45, 2.75) is 31.7 Å². The Balaban J connectivity index is 1.81. The molecule has 3 nitrogen and oxygen atoms in total. The summed E-state index contributed by atoms with van der Waals surface area (Å²) in [6.45, 7) is 4.43. The van der Waals surface area contributed by atoms with Gasteiger partial charge in [0.25, 0.3) is 0 Å². The number of halogens is 2. The van der Waals surface area contributed by atoms with Gasteiger partial charge in [-0.15, -0.1) is 0 Å². The Morgan fingerprint density at radius 2 is 1.77 bits per heavy atom. The van der Waals surface area contributed by atoms with Gasteiger partial charge in [0.2, 0.25) is 0 Å². The summed E-state index contributed by atoms with van der Waals surface area (Å²) in [6, 6.07) is 21.3. The molecule has 2 aliphatic heterocycles. The van der Waals surface area contributed by atoms with Crippen LogP contribution in [0.3, 0.4) is 0 Å². The van der Waals surface area contributed by atoms with Gasteiger partial charge in [-0.3, -0.25) is 9.80 Å². The fourth-order valence-corrected chi connectivity index (χ4v) is 6.60. The molecule has 0 fully saturated rings. The molecule has 3 aromatic rings. The number of fused-ring (bicyclic) bond motifs is 5. The van der Waals surface area contributed by atoms with Crippen LogP contribution >= 0.6 is 31.9 Å². The molecule has 0 saturated heterocycles. The van der Waals surface area contributed by atoms with Gasteiger partial charge < -0.3 is 0 Å². The van der Waals surface area contributed by atoms with Crippen LogP contribution in [0.4, 0.5) is 16.2 Å². The zero-order chi connectivity index (χ0) is 21.2. The predicted molar refractivity (Wildman–Crippen MR) is 130 cm³/mol. The first-order valence-electron chi connectivity index (χ1n) is 10.0. The summed E-state index contributed by atoms with van der Waals surface area (Å²) < 4.78 is 1.94. The fourth-order valence-electron chi connectivity index (χ4n) is 5.07. The van der Waals surface area contributed by atoms with Gasteiger partial charge in [-0.05, 0) is 58.6 Å². The lowest BCUT2D eigenvalue weighted by molar-refractivity contribution is 0.245. The summed E-state index contributed by atoms with van der Waals surface area (Å²) in [7, 11) is 1.86. The van der Waals surface area contributed by atoms with E-state index >= 15 is 0 Å². The molecule has 2 amide bonds. The highest BCUT2D eigenvalue weighted by Gasteiger charge is 2.48. The maximum atomic E-state index is 13.6. The van der Waals surface area contributed by atoms with Crippen LogP contribution in [0, 0.1) is 6.92 Å². The molecular weight excluding hydrogens is 504 g/mol. The summed E-state index contributed by atoms with van der Waals surface area (Å²) in [5.41, 5.74) is 6.61. The van der Waals surface area contributed by atoms with Crippen LogP contribution in [-0.4, -0.2) is 13.1 Å². The summed E-state index contributed by atoms with van der Waals surface area (Å²) in [5.74, 6) is 0. The van der Waals surface area contributed by atoms with Gasteiger partial charge in [-0.2, -0.15) is 0 Å². The second kappa shape index (κ2) is 6.96. The number of carbonyl (C=O) groups is 1. The van der Waals surface area contributed by atoms with Gasteiger partial charge in [0.05, 0.1) is 17.4 Å². The van der Waals surface area contributed by atoms with E-state index in [9.17, 15) is 4.79 Å². The van der Waals surface area contributed by atoms with E-state index in [1.807, 2.05) is 18.0 Å². The molecule has 0 unspecified atom stereocenters. The number of urea groups is 1. The first-order valence-corrected chi connectivity index (χ1v) is 11.6. The van der Waals surface area contributed by atoms with Crippen molar-refractivity contribution < 1.29 is 4.79 Å². The topological polar surface area (TPSA) is 23.6 Å².